The summed E-state index contributed by atoms with van der Waals surface area (Å²) in [6, 6.07) is 16.4. The third-order valence-corrected chi connectivity index (χ3v) is 5.32. The first-order valence-electron chi connectivity index (χ1n) is 9.41. The predicted octanol–water partition coefficient (Wildman–Crippen LogP) is 3.75. The van der Waals surface area contributed by atoms with Crippen molar-refractivity contribution in [1.82, 2.24) is 10.6 Å². The molecule has 0 aliphatic carbocycles. The molecule has 2 N–H and O–H groups in total. The van der Waals surface area contributed by atoms with Crippen LogP contribution in [0.5, 0.6) is 5.75 Å². The van der Waals surface area contributed by atoms with E-state index < -0.39 is 6.04 Å². The van der Waals surface area contributed by atoms with E-state index in [-0.39, 0.29) is 17.7 Å². The van der Waals surface area contributed by atoms with Crippen LogP contribution in [0, 0.1) is 5.92 Å². The third kappa shape index (κ3) is 6.93. The molecule has 0 aliphatic heterocycles. The Hall–Kier alpha value is -2.47. The van der Waals surface area contributed by atoms with Crippen LogP contribution in [-0.4, -0.2) is 37.3 Å². The van der Waals surface area contributed by atoms with Crippen LogP contribution in [0.25, 0.3) is 0 Å². The molecule has 0 saturated heterocycles. The molecule has 0 fully saturated rings. The van der Waals surface area contributed by atoms with Gasteiger partial charge in [0.1, 0.15) is 11.8 Å². The molecule has 0 aromatic heterocycles. The molecule has 150 valence electrons. The van der Waals surface area contributed by atoms with Crippen molar-refractivity contribution in [3.8, 4) is 5.75 Å². The number of thioether (sulfide) groups is 1. The highest BCUT2D eigenvalue weighted by Gasteiger charge is 2.24. The summed E-state index contributed by atoms with van der Waals surface area (Å²) in [6.45, 7) is 4.42. The molecular weight excluding hydrogens is 372 g/mol. The van der Waals surface area contributed by atoms with E-state index in [2.05, 4.69) is 22.8 Å². The lowest BCUT2D eigenvalue weighted by Crippen LogP contribution is -2.49. The number of carbonyl (C=O) groups is 2. The average molecular weight is 401 g/mol. The van der Waals surface area contributed by atoms with E-state index in [4.69, 9.17) is 4.74 Å². The Balaban J connectivity index is 1.79. The van der Waals surface area contributed by atoms with Crippen LogP contribution < -0.4 is 15.4 Å². The number of rotatable bonds is 10. The number of hydrogen-bond donors (Lipinski definition) is 2. The average Bonchev–Trinajstić information content (AvgIpc) is 2.72. The molecule has 2 aromatic rings. The zero-order chi connectivity index (χ0) is 20.4. The maximum absolute atomic E-state index is 12.5. The van der Waals surface area contributed by atoms with E-state index >= 15 is 0 Å². The van der Waals surface area contributed by atoms with Gasteiger partial charge in [0, 0.05) is 17.0 Å². The van der Waals surface area contributed by atoms with E-state index in [1.54, 1.807) is 43.1 Å². The normalized spacial score (nSPS) is 11.7. The highest BCUT2D eigenvalue weighted by Crippen LogP contribution is 2.17. The topological polar surface area (TPSA) is 67.4 Å². The number of amides is 2. The summed E-state index contributed by atoms with van der Waals surface area (Å²) in [5.74, 6) is 1.18. The molecule has 5 nitrogen and oxygen atoms in total. The molecule has 0 radical (unpaired) electrons. The van der Waals surface area contributed by atoms with Gasteiger partial charge in [-0.05, 0) is 54.5 Å². The number of carbonyl (C=O) groups excluding carboxylic acids is 2. The molecule has 0 spiro atoms. The Kier molecular flexibility index (Phi) is 8.88. The molecule has 1 atom stereocenters. The van der Waals surface area contributed by atoms with E-state index in [1.807, 2.05) is 32.0 Å². The Morgan fingerprint density at radius 2 is 1.71 bits per heavy atom. The van der Waals surface area contributed by atoms with Gasteiger partial charge in [0.25, 0.3) is 5.91 Å². The zero-order valence-electron chi connectivity index (χ0n) is 16.6. The van der Waals surface area contributed by atoms with Crippen molar-refractivity contribution in [2.45, 2.75) is 31.2 Å². The van der Waals surface area contributed by atoms with Crippen LogP contribution in [0.2, 0.25) is 0 Å². The van der Waals surface area contributed by atoms with E-state index in [1.165, 1.54) is 4.90 Å². The summed E-state index contributed by atoms with van der Waals surface area (Å²) < 4.78 is 5.10. The SMILES string of the molecule is COc1ccc(C(=O)N[C@@H](C(=O)NCCCSc2ccccc2)C(C)C)cc1. The molecule has 6 heteroatoms. The minimum Gasteiger partial charge on any atom is -0.497 e. The Morgan fingerprint density at radius 3 is 2.32 bits per heavy atom. The first-order valence-corrected chi connectivity index (χ1v) is 10.4. The van der Waals surface area contributed by atoms with Crippen molar-refractivity contribution in [2.75, 3.05) is 19.4 Å². The number of methoxy groups -OCH3 is 1. The molecule has 0 saturated carbocycles. The summed E-state index contributed by atoms with van der Waals surface area (Å²) in [5, 5.41) is 5.78. The summed E-state index contributed by atoms with van der Waals surface area (Å²) in [6.07, 6.45) is 0.864. The van der Waals surface area contributed by atoms with Crippen LogP contribution >= 0.6 is 11.8 Å². The Labute approximate surface area is 171 Å². The van der Waals surface area contributed by atoms with Gasteiger partial charge in [-0.25, -0.2) is 0 Å². The molecule has 2 aromatic carbocycles. The van der Waals surface area contributed by atoms with Crippen LogP contribution in [0.3, 0.4) is 0 Å². The highest BCUT2D eigenvalue weighted by molar-refractivity contribution is 7.99. The maximum Gasteiger partial charge on any atom is 0.251 e. The van der Waals surface area contributed by atoms with E-state index in [9.17, 15) is 9.59 Å². The van der Waals surface area contributed by atoms with Crippen molar-refractivity contribution in [3.05, 3.63) is 60.2 Å². The second-order valence-electron chi connectivity index (χ2n) is 6.73. The lowest BCUT2D eigenvalue weighted by atomic mass is 10.0. The first-order chi connectivity index (χ1) is 13.5. The summed E-state index contributed by atoms with van der Waals surface area (Å²) >= 11 is 1.77. The lowest BCUT2D eigenvalue weighted by molar-refractivity contribution is -0.123. The van der Waals surface area contributed by atoms with Crippen molar-refractivity contribution < 1.29 is 14.3 Å². The number of hydrogen-bond acceptors (Lipinski definition) is 4. The molecule has 0 heterocycles. The second kappa shape index (κ2) is 11.4. The number of nitrogens with one attached hydrogen (secondary N) is 2. The third-order valence-electron chi connectivity index (χ3n) is 4.22. The fourth-order valence-corrected chi connectivity index (χ4v) is 3.48. The quantitative estimate of drug-likeness (QED) is 0.471. The second-order valence-corrected chi connectivity index (χ2v) is 7.90. The van der Waals surface area contributed by atoms with E-state index in [0.29, 0.717) is 17.9 Å². The fourth-order valence-electron chi connectivity index (χ4n) is 2.60. The van der Waals surface area contributed by atoms with Gasteiger partial charge in [-0.2, -0.15) is 0 Å². The maximum atomic E-state index is 12.5. The number of benzene rings is 2. The van der Waals surface area contributed by atoms with Gasteiger partial charge in [0.2, 0.25) is 5.91 Å². The van der Waals surface area contributed by atoms with Gasteiger partial charge >= 0.3 is 0 Å². The van der Waals surface area contributed by atoms with Crippen molar-refractivity contribution in [1.29, 1.82) is 0 Å². The van der Waals surface area contributed by atoms with Crippen molar-refractivity contribution in [3.63, 3.8) is 0 Å². The van der Waals surface area contributed by atoms with Crippen molar-refractivity contribution >= 4 is 23.6 Å². The molecule has 0 bridgehead atoms. The minimum absolute atomic E-state index is 0.0131. The minimum atomic E-state index is -0.573. The van der Waals surface area contributed by atoms with Gasteiger partial charge in [0.15, 0.2) is 0 Å². The highest BCUT2D eigenvalue weighted by atomic mass is 32.2. The Morgan fingerprint density at radius 1 is 1.04 bits per heavy atom. The van der Waals surface area contributed by atoms with Crippen LogP contribution in [-0.2, 0) is 4.79 Å². The summed E-state index contributed by atoms with van der Waals surface area (Å²) in [5.41, 5.74) is 0.499. The summed E-state index contributed by atoms with van der Waals surface area (Å²) in [4.78, 5) is 26.2. The van der Waals surface area contributed by atoms with Crippen LogP contribution in [0.4, 0.5) is 0 Å². The van der Waals surface area contributed by atoms with Gasteiger partial charge in [-0.1, -0.05) is 32.0 Å². The standard InChI is InChI=1S/C22H28N2O3S/c1-16(2)20(24-21(25)17-10-12-18(27-3)13-11-17)22(26)23-14-7-15-28-19-8-5-4-6-9-19/h4-6,8-13,16,20H,7,14-15H2,1-3H3,(H,23,26)(H,24,25)/t20-/m1/s1. The van der Waals surface area contributed by atoms with Crippen LogP contribution in [0.1, 0.15) is 30.6 Å². The first kappa shape index (κ1) is 21.8. The monoisotopic (exact) mass is 400 g/mol. The molecule has 0 aliphatic rings. The zero-order valence-corrected chi connectivity index (χ0v) is 17.4. The number of ether oxygens (including phenoxy) is 1. The Bertz CT molecular complexity index is 748. The lowest BCUT2D eigenvalue weighted by Gasteiger charge is -2.22. The smallest absolute Gasteiger partial charge is 0.251 e. The molecular formula is C22H28N2O3S. The van der Waals surface area contributed by atoms with Crippen molar-refractivity contribution in [2.24, 2.45) is 5.92 Å². The van der Waals surface area contributed by atoms with Crippen LogP contribution in [0.15, 0.2) is 59.5 Å². The van der Waals surface area contributed by atoms with Gasteiger partial charge in [-0.3, -0.25) is 9.59 Å². The van der Waals surface area contributed by atoms with E-state index in [0.717, 1.165) is 12.2 Å². The van der Waals surface area contributed by atoms with Gasteiger partial charge < -0.3 is 15.4 Å². The molecule has 0 unspecified atom stereocenters. The largest absolute Gasteiger partial charge is 0.497 e. The van der Waals surface area contributed by atoms with Gasteiger partial charge in [0.05, 0.1) is 7.11 Å². The molecule has 2 amide bonds. The summed E-state index contributed by atoms with van der Waals surface area (Å²) in [7, 11) is 1.58. The van der Waals surface area contributed by atoms with Gasteiger partial charge in [-0.15, -0.1) is 11.8 Å². The fraction of sp³-hybridized carbons (Fsp3) is 0.364. The molecule has 2 rings (SSSR count). The predicted molar refractivity (Wildman–Crippen MR) is 114 cm³/mol. The molecule has 28 heavy (non-hydrogen) atoms.